The Morgan fingerprint density at radius 3 is 0.857 bits per heavy atom. The lowest BCUT2D eigenvalue weighted by Crippen LogP contribution is -2.46. The molecule has 0 heterocycles. The minimum absolute atomic E-state index is 0.0432. The van der Waals surface area contributed by atoms with Crippen LogP contribution in [0.15, 0.2) is 0 Å². The summed E-state index contributed by atoms with van der Waals surface area (Å²) in [5.41, 5.74) is 0. The first-order valence-corrected chi connectivity index (χ1v) is 25.8. The van der Waals surface area contributed by atoms with Gasteiger partial charge in [-0.1, -0.05) is 277 Å². The number of aliphatic hydroxyl groups is 3. The number of carbonyl (C=O) groups is 1. The van der Waals surface area contributed by atoms with E-state index in [1.807, 2.05) is 0 Å². The Kier molecular flexibility index (Phi) is 46.5. The van der Waals surface area contributed by atoms with Gasteiger partial charge in [-0.05, 0) is 12.8 Å². The zero-order chi connectivity index (χ0) is 40.8. The van der Waals surface area contributed by atoms with Gasteiger partial charge in [0, 0.05) is 0 Å². The summed E-state index contributed by atoms with van der Waals surface area (Å²) in [6, 6.07) is -0.653. The molecule has 0 aliphatic carbocycles. The number of hydrogen-bond acceptors (Lipinski definition) is 4. The fourth-order valence-corrected chi connectivity index (χ4v) is 8.47. The molecule has 4 N–H and O–H groups in total. The first-order chi connectivity index (χ1) is 27.5. The van der Waals surface area contributed by atoms with Crippen LogP contribution < -0.4 is 5.32 Å². The predicted octanol–water partition coefficient (Wildman–Crippen LogP) is 15.4. The summed E-state index contributed by atoms with van der Waals surface area (Å²) in [6.45, 7) is 4.30. The van der Waals surface area contributed by atoms with Crippen LogP contribution in [0, 0.1) is 0 Å². The number of amides is 1. The molecule has 5 heteroatoms. The van der Waals surface area contributed by atoms with Crippen molar-refractivity contribution < 1.29 is 20.1 Å². The van der Waals surface area contributed by atoms with Crippen molar-refractivity contribution in [1.82, 2.24) is 5.32 Å². The van der Waals surface area contributed by atoms with Gasteiger partial charge in [0.15, 0.2) is 0 Å². The van der Waals surface area contributed by atoms with Crippen LogP contribution in [0.4, 0.5) is 0 Å². The number of nitrogens with one attached hydrogen (secondary N) is 1. The van der Waals surface area contributed by atoms with Crippen molar-refractivity contribution in [2.45, 2.75) is 315 Å². The van der Waals surface area contributed by atoms with Crippen LogP contribution >= 0.6 is 0 Å². The van der Waals surface area contributed by atoms with Crippen molar-refractivity contribution in [2.75, 3.05) is 6.61 Å². The van der Waals surface area contributed by atoms with Crippen LogP contribution in [0.25, 0.3) is 0 Å². The smallest absolute Gasteiger partial charge is 0.222 e. The van der Waals surface area contributed by atoms with Gasteiger partial charge in [-0.2, -0.15) is 0 Å². The van der Waals surface area contributed by atoms with Crippen LogP contribution in [0.2, 0.25) is 0 Å². The molecule has 0 saturated heterocycles. The Labute approximate surface area is 351 Å². The van der Waals surface area contributed by atoms with E-state index in [4.69, 9.17) is 0 Å². The second-order valence-corrected chi connectivity index (χ2v) is 18.1. The molecular formula is C51H103NO4. The molecular weight excluding hydrogens is 691 g/mol. The lowest BCUT2D eigenvalue weighted by atomic mass is 10.0. The standard InChI is InChI=1S/C51H103NO4/c1-3-5-7-9-11-13-15-17-19-21-22-23-24-25-26-27-29-31-33-35-37-39-41-43-45-50(55)49(47-53)52-51(56)46-48(54)44-42-40-38-36-34-32-30-28-20-18-16-14-12-10-8-6-4-2/h48-50,53-55H,3-47H2,1-2H3,(H,52,56). The fraction of sp³-hybridized carbons (Fsp3) is 0.980. The van der Waals surface area contributed by atoms with Crippen molar-refractivity contribution in [1.29, 1.82) is 0 Å². The molecule has 5 nitrogen and oxygen atoms in total. The molecule has 3 atom stereocenters. The van der Waals surface area contributed by atoms with Crippen molar-refractivity contribution in [3.05, 3.63) is 0 Å². The summed E-state index contributed by atoms with van der Waals surface area (Å²) in [5.74, 6) is -0.276. The molecule has 0 spiro atoms. The maximum Gasteiger partial charge on any atom is 0.222 e. The van der Waals surface area contributed by atoms with Crippen molar-refractivity contribution in [3.63, 3.8) is 0 Å². The molecule has 0 saturated carbocycles. The largest absolute Gasteiger partial charge is 0.394 e. The normalized spacial score (nSPS) is 13.3. The Morgan fingerprint density at radius 2 is 0.607 bits per heavy atom. The topological polar surface area (TPSA) is 89.8 Å². The second kappa shape index (κ2) is 47.0. The van der Waals surface area contributed by atoms with E-state index in [-0.39, 0.29) is 18.9 Å². The molecule has 0 rings (SSSR count). The highest BCUT2D eigenvalue weighted by atomic mass is 16.3. The van der Waals surface area contributed by atoms with E-state index in [9.17, 15) is 20.1 Å². The molecule has 0 radical (unpaired) electrons. The molecule has 0 fully saturated rings. The molecule has 56 heavy (non-hydrogen) atoms. The van der Waals surface area contributed by atoms with Gasteiger partial charge in [-0.15, -0.1) is 0 Å². The van der Waals surface area contributed by atoms with Gasteiger partial charge in [0.1, 0.15) is 0 Å². The van der Waals surface area contributed by atoms with E-state index in [1.165, 1.54) is 238 Å². The summed E-state index contributed by atoms with van der Waals surface area (Å²) in [7, 11) is 0. The van der Waals surface area contributed by atoms with Crippen LogP contribution in [-0.4, -0.2) is 46.1 Å². The highest BCUT2D eigenvalue weighted by Gasteiger charge is 2.21. The van der Waals surface area contributed by atoms with Gasteiger partial charge < -0.3 is 20.6 Å². The number of carbonyl (C=O) groups excluding carboxylic acids is 1. The third-order valence-electron chi connectivity index (χ3n) is 12.4. The summed E-state index contributed by atoms with van der Waals surface area (Å²) >= 11 is 0. The molecule has 0 aromatic rings. The summed E-state index contributed by atoms with van der Waals surface area (Å²) in [5, 5.41) is 33.6. The maximum atomic E-state index is 12.5. The first kappa shape index (κ1) is 55.4. The first-order valence-electron chi connectivity index (χ1n) is 25.8. The summed E-state index contributed by atoms with van der Waals surface area (Å²) in [6.07, 6.45) is 55.2. The molecule has 0 aliphatic heterocycles. The summed E-state index contributed by atoms with van der Waals surface area (Å²) < 4.78 is 0. The van der Waals surface area contributed by atoms with Gasteiger partial charge >= 0.3 is 0 Å². The van der Waals surface area contributed by atoms with Crippen LogP contribution in [-0.2, 0) is 4.79 Å². The number of rotatable bonds is 48. The van der Waals surface area contributed by atoms with Gasteiger partial charge in [-0.3, -0.25) is 4.79 Å². The molecule has 0 bridgehead atoms. The SMILES string of the molecule is CCCCCCCCCCCCCCCCCCCCCCCCCCC(O)C(CO)NC(=O)CC(O)CCCCCCCCCCCCCCCCCCC. The third kappa shape index (κ3) is 42.9. The van der Waals surface area contributed by atoms with E-state index in [0.29, 0.717) is 12.8 Å². The lowest BCUT2D eigenvalue weighted by Gasteiger charge is -2.23. The molecule has 3 unspecified atom stereocenters. The predicted molar refractivity (Wildman–Crippen MR) is 246 cm³/mol. The van der Waals surface area contributed by atoms with E-state index < -0.39 is 18.2 Å². The lowest BCUT2D eigenvalue weighted by molar-refractivity contribution is -0.125. The highest BCUT2D eigenvalue weighted by molar-refractivity contribution is 5.76. The quantitative estimate of drug-likeness (QED) is 0.0462. The van der Waals surface area contributed by atoms with Crippen molar-refractivity contribution >= 4 is 5.91 Å². The van der Waals surface area contributed by atoms with Crippen LogP contribution in [0.1, 0.15) is 296 Å². The number of aliphatic hydroxyl groups excluding tert-OH is 3. The summed E-state index contributed by atoms with van der Waals surface area (Å²) in [4.78, 5) is 12.5. The Balaban J connectivity index is 3.51. The second-order valence-electron chi connectivity index (χ2n) is 18.1. The van der Waals surface area contributed by atoms with Crippen LogP contribution in [0.5, 0.6) is 0 Å². The van der Waals surface area contributed by atoms with Crippen molar-refractivity contribution in [2.24, 2.45) is 0 Å². The molecule has 1 amide bonds. The highest BCUT2D eigenvalue weighted by Crippen LogP contribution is 2.18. The van der Waals surface area contributed by atoms with E-state index in [0.717, 1.165) is 25.7 Å². The van der Waals surface area contributed by atoms with Gasteiger partial charge in [0.05, 0.1) is 31.3 Å². The molecule has 336 valence electrons. The third-order valence-corrected chi connectivity index (χ3v) is 12.4. The van der Waals surface area contributed by atoms with Crippen molar-refractivity contribution in [3.8, 4) is 0 Å². The fourth-order valence-electron chi connectivity index (χ4n) is 8.47. The number of hydrogen-bond donors (Lipinski definition) is 4. The number of unbranched alkanes of at least 4 members (excludes halogenated alkanes) is 39. The Hall–Kier alpha value is -0.650. The van der Waals surface area contributed by atoms with Gasteiger partial charge in [0.2, 0.25) is 5.91 Å². The van der Waals surface area contributed by atoms with E-state index >= 15 is 0 Å². The average Bonchev–Trinajstić information content (AvgIpc) is 3.19. The molecule has 0 aromatic carbocycles. The van der Waals surface area contributed by atoms with Gasteiger partial charge in [-0.25, -0.2) is 0 Å². The van der Waals surface area contributed by atoms with Crippen LogP contribution in [0.3, 0.4) is 0 Å². The minimum Gasteiger partial charge on any atom is -0.394 e. The van der Waals surface area contributed by atoms with Gasteiger partial charge in [0.25, 0.3) is 0 Å². The molecule has 0 aliphatic rings. The monoisotopic (exact) mass is 794 g/mol. The Bertz CT molecular complexity index is 747. The zero-order valence-electron chi connectivity index (χ0n) is 38.3. The Morgan fingerprint density at radius 1 is 0.375 bits per heavy atom. The minimum atomic E-state index is -0.745. The van der Waals surface area contributed by atoms with E-state index in [1.54, 1.807) is 0 Å². The van der Waals surface area contributed by atoms with E-state index in [2.05, 4.69) is 19.2 Å². The maximum absolute atomic E-state index is 12.5. The molecule has 0 aromatic heterocycles. The zero-order valence-corrected chi connectivity index (χ0v) is 38.3. The average molecular weight is 794 g/mol.